The molecule has 2 aliphatic heterocycles. The molecule has 0 aliphatic carbocycles. The zero-order valence-electron chi connectivity index (χ0n) is 55.0. The van der Waals surface area contributed by atoms with E-state index in [0.29, 0.717) is 58.2 Å². The Labute approximate surface area is 574 Å². The highest BCUT2D eigenvalue weighted by molar-refractivity contribution is 6.00. The number of benzene rings is 5. The molecule has 100 heavy (non-hydrogen) atoms. The van der Waals surface area contributed by atoms with Crippen LogP contribution in [0.4, 0.5) is 0 Å². The third-order valence-electron chi connectivity index (χ3n) is 17.9. The summed E-state index contributed by atoms with van der Waals surface area (Å²) in [6.45, 7) is 1.46. The zero-order valence-corrected chi connectivity index (χ0v) is 55.0. The molecule has 2 aliphatic rings. The number of phenolic OH excluding ortho intramolecular Hbond substituents is 1. The number of nitrogens with zero attached hydrogens (tertiary/aromatic N) is 2. The lowest BCUT2D eigenvalue weighted by Gasteiger charge is -2.30. The van der Waals surface area contributed by atoms with Gasteiger partial charge in [-0.15, -0.1) is 0 Å². The number of rotatable bonds is 32. The number of carbonyl (C=O) groups excluding carboxylic acids is 10. The standard InChI is InChI=1S/C71H83N17O12/c1-2-75-69(99)60-18-10-28-88(60)70(100)53(17-9-27-76-71(72)73)81-65(95)56(32-44-35-77-50-15-7-5-13-48(44)50)84-64(94)55(31-41-19-22-42-11-3-4-12-43(42)29-41)82-63(93)54(30-40-20-23-47(90)24-21-40)83-68(98)59(38-89)87-66(96)57(33-45-36-78-51-16-8-6-14-49(45)51)85-67(97)58(34-46-37-74-39-79-46)86-62(92)52-25-26-61(91)80-52/h3-8,11-16,19-24,29,35-37,39,52-60,77-78,89-90H,2,9-10,17-18,25-28,30-34,38H2,1H3,(H,74,79)(H,75,99)(H,80,91)(H,81,95)(H,82,93)(H,83,98)(H,84,94)(H,85,97)(H,86,92)(H,87,96)(H4,72,73,76)/t52-,53-,54-,55+,56-,57-,58-,59-,60-/m0/s1. The molecule has 5 heterocycles. The van der Waals surface area contributed by atoms with Crippen molar-refractivity contribution < 1.29 is 58.2 Å². The Hall–Kier alpha value is -11.6. The first-order valence-corrected chi connectivity index (χ1v) is 33.3. The van der Waals surface area contributed by atoms with Gasteiger partial charge in [-0.3, -0.25) is 53.4 Å². The summed E-state index contributed by atoms with van der Waals surface area (Å²) < 4.78 is 0. The Kier molecular flexibility index (Phi) is 23.9. The molecule has 29 nitrogen and oxygen atoms in total. The number of likely N-dealkylation sites (N-methyl/N-ethyl adjacent to an activating group) is 1. The van der Waals surface area contributed by atoms with E-state index in [1.165, 1.54) is 41.7 Å². The summed E-state index contributed by atoms with van der Waals surface area (Å²) in [5.74, 6) is -7.71. The highest BCUT2D eigenvalue weighted by atomic mass is 16.3. The predicted molar refractivity (Wildman–Crippen MR) is 370 cm³/mol. The molecule has 524 valence electrons. The highest BCUT2D eigenvalue weighted by Crippen LogP contribution is 2.25. The molecule has 9 atom stereocenters. The molecule has 2 fully saturated rings. The van der Waals surface area contributed by atoms with Crippen LogP contribution in [0.2, 0.25) is 0 Å². The van der Waals surface area contributed by atoms with Gasteiger partial charge in [0.1, 0.15) is 60.1 Å². The van der Waals surface area contributed by atoms with Crippen molar-refractivity contribution in [1.82, 2.24) is 78.0 Å². The summed E-state index contributed by atoms with van der Waals surface area (Å²) in [4.78, 5) is 159. The van der Waals surface area contributed by atoms with Crippen molar-refractivity contribution in [2.45, 2.75) is 132 Å². The minimum Gasteiger partial charge on any atom is -0.508 e. The first-order chi connectivity index (χ1) is 48.3. The summed E-state index contributed by atoms with van der Waals surface area (Å²) in [6.07, 6.45) is 6.80. The summed E-state index contributed by atoms with van der Waals surface area (Å²) in [6, 6.07) is 21.1. The normalized spacial score (nSPS) is 16.4. The van der Waals surface area contributed by atoms with Crippen molar-refractivity contribution >= 4 is 97.6 Å². The predicted octanol–water partition coefficient (Wildman–Crippen LogP) is 0.799. The van der Waals surface area contributed by atoms with E-state index in [1.807, 2.05) is 66.7 Å². The van der Waals surface area contributed by atoms with Gasteiger partial charge in [0.25, 0.3) is 0 Å². The van der Waals surface area contributed by atoms with Crippen LogP contribution in [-0.4, -0.2) is 181 Å². The number of imidazole rings is 1. The number of nitrogens with two attached hydrogens (primary N) is 1. The largest absolute Gasteiger partial charge is 0.508 e. The van der Waals surface area contributed by atoms with Crippen molar-refractivity contribution in [3.05, 3.63) is 168 Å². The molecular weight excluding hydrogens is 1280 g/mol. The summed E-state index contributed by atoms with van der Waals surface area (Å²) in [5.41, 5.74) is 9.57. The minimum absolute atomic E-state index is 0.0353. The average Bonchev–Trinajstić information content (AvgIpc) is 1.50. The van der Waals surface area contributed by atoms with Gasteiger partial charge in [0, 0.05) is 98.6 Å². The Morgan fingerprint density at radius 2 is 1.13 bits per heavy atom. The van der Waals surface area contributed by atoms with Crippen LogP contribution in [0.15, 0.2) is 140 Å². The number of nitrogens with one attached hydrogen (secondary N) is 14. The fourth-order valence-corrected chi connectivity index (χ4v) is 12.7. The lowest BCUT2D eigenvalue weighted by Crippen LogP contribution is -2.62. The van der Waals surface area contributed by atoms with Crippen LogP contribution in [-0.2, 0) is 80.0 Å². The molecule has 0 radical (unpaired) electrons. The highest BCUT2D eigenvalue weighted by Gasteiger charge is 2.40. The summed E-state index contributed by atoms with van der Waals surface area (Å²) in [5, 5.41) is 59.5. The van der Waals surface area contributed by atoms with E-state index in [4.69, 9.17) is 11.1 Å². The lowest BCUT2D eigenvalue weighted by molar-refractivity contribution is -0.142. The van der Waals surface area contributed by atoms with E-state index < -0.39 is 108 Å². The van der Waals surface area contributed by atoms with Gasteiger partial charge < -0.3 is 89.0 Å². The second-order valence-electron chi connectivity index (χ2n) is 25.0. The number of aromatic nitrogens is 4. The molecular formula is C71H83N17O12. The van der Waals surface area contributed by atoms with E-state index in [9.17, 15) is 43.8 Å². The number of hydrogen-bond acceptors (Lipinski definition) is 14. The number of para-hydroxylation sites is 2. The fourth-order valence-electron chi connectivity index (χ4n) is 12.7. The molecule has 2 saturated heterocycles. The number of aromatic hydroxyl groups is 1. The van der Waals surface area contributed by atoms with Crippen molar-refractivity contribution in [3.8, 4) is 5.75 Å². The number of phenols is 1. The van der Waals surface area contributed by atoms with Crippen molar-refractivity contribution in [2.75, 3.05) is 26.2 Å². The molecule has 0 unspecified atom stereocenters. The molecule has 0 spiro atoms. The van der Waals surface area contributed by atoms with Gasteiger partial charge in [-0.1, -0.05) is 91.0 Å². The molecule has 5 aromatic carbocycles. The van der Waals surface area contributed by atoms with E-state index in [-0.39, 0.29) is 94.4 Å². The second kappa shape index (κ2) is 33.6. The smallest absolute Gasteiger partial charge is 0.245 e. The van der Waals surface area contributed by atoms with Crippen molar-refractivity contribution in [3.63, 3.8) is 0 Å². The zero-order chi connectivity index (χ0) is 70.8. The van der Waals surface area contributed by atoms with Crippen LogP contribution in [0.1, 0.15) is 73.4 Å². The third kappa shape index (κ3) is 18.5. The molecule has 18 N–H and O–H groups in total. The Bertz CT molecular complexity index is 4270. The van der Waals surface area contributed by atoms with Gasteiger partial charge >= 0.3 is 0 Å². The van der Waals surface area contributed by atoms with Crippen LogP contribution in [0, 0.1) is 5.41 Å². The lowest BCUT2D eigenvalue weighted by atomic mass is 9.98. The first kappa shape index (κ1) is 71.2. The topological polar surface area (TPSA) is 445 Å². The van der Waals surface area contributed by atoms with E-state index in [1.54, 1.807) is 43.6 Å². The van der Waals surface area contributed by atoms with Crippen molar-refractivity contribution in [1.29, 1.82) is 5.41 Å². The maximum Gasteiger partial charge on any atom is 0.245 e. The summed E-state index contributed by atoms with van der Waals surface area (Å²) in [7, 11) is 0. The minimum atomic E-state index is -1.80. The Balaban J connectivity index is 0.938. The molecule has 0 saturated carbocycles. The Morgan fingerprint density at radius 3 is 1.69 bits per heavy atom. The number of fused-ring (bicyclic) bond motifs is 3. The molecule has 3 aromatic heterocycles. The van der Waals surface area contributed by atoms with Crippen molar-refractivity contribution in [2.24, 2.45) is 5.73 Å². The first-order valence-electron chi connectivity index (χ1n) is 33.3. The Morgan fingerprint density at radius 1 is 0.600 bits per heavy atom. The maximum absolute atomic E-state index is 15.5. The van der Waals surface area contributed by atoms with E-state index >= 15 is 14.4 Å². The number of aromatic amines is 3. The van der Waals surface area contributed by atoms with Gasteiger partial charge in [0.05, 0.1) is 18.6 Å². The van der Waals surface area contributed by atoms with Gasteiger partial charge in [-0.25, -0.2) is 4.98 Å². The van der Waals surface area contributed by atoms with Crippen LogP contribution >= 0.6 is 0 Å². The van der Waals surface area contributed by atoms with Gasteiger partial charge in [0.2, 0.25) is 59.1 Å². The van der Waals surface area contributed by atoms with Gasteiger partial charge in [-0.05, 0) is 96.3 Å². The van der Waals surface area contributed by atoms with Crippen LogP contribution in [0.5, 0.6) is 5.75 Å². The summed E-state index contributed by atoms with van der Waals surface area (Å²) >= 11 is 0. The van der Waals surface area contributed by atoms with E-state index in [2.05, 4.69) is 73.1 Å². The van der Waals surface area contributed by atoms with Crippen LogP contribution < -0.4 is 58.9 Å². The monoisotopic (exact) mass is 1370 g/mol. The number of aliphatic hydroxyl groups is 1. The number of H-pyrrole nitrogens is 3. The number of guanidine groups is 1. The molecule has 10 amide bonds. The molecule has 8 aromatic rings. The number of likely N-dealkylation sites (tertiary alicyclic amines) is 1. The van der Waals surface area contributed by atoms with Crippen LogP contribution in [0.25, 0.3) is 32.6 Å². The number of amides is 10. The average molecular weight is 1370 g/mol. The number of hydrogen-bond donors (Lipinski definition) is 17. The quantitative estimate of drug-likeness (QED) is 0.0158. The van der Waals surface area contributed by atoms with Gasteiger partial charge in [-0.2, -0.15) is 0 Å². The molecule has 10 rings (SSSR count). The number of aliphatic hydroxyl groups excluding tert-OH is 1. The van der Waals surface area contributed by atoms with Gasteiger partial charge in [0.15, 0.2) is 5.96 Å². The maximum atomic E-state index is 15.5. The van der Waals surface area contributed by atoms with Crippen LogP contribution in [0.3, 0.4) is 0 Å². The van der Waals surface area contributed by atoms with E-state index in [0.717, 1.165) is 21.7 Å². The SMILES string of the molecule is CCNC(=O)[C@@H]1CCCN1C(=O)[C@H](CCCNC(=N)N)NC(=O)[C@H](Cc1c[nH]c2ccccc12)NC(=O)[C@@H](Cc1ccc2ccccc2c1)NC(=O)[C@H](Cc1ccc(O)cc1)NC(=O)[C@H](CO)NC(=O)[C@H](Cc1c[nH]c2ccccc12)NC(=O)[C@H](Cc1c[nH]cn1)NC(=O)[C@@H]1CCC(=O)N1. The number of carbonyl (C=O) groups is 10. The second-order valence-corrected chi connectivity index (χ2v) is 25.0. The fraction of sp³-hybridized carbons (Fsp3) is 0.352. The molecule has 0 bridgehead atoms. The molecule has 29 heteroatoms. The third-order valence-corrected chi connectivity index (χ3v) is 17.9.